The number of esters is 1. The van der Waals surface area contributed by atoms with Crippen molar-refractivity contribution >= 4 is 35.0 Å². The molecule has 1 aliphatic carbocycles. The fourth-order valence-electron chi connectivity index (χ4n) is 2.58. The fourth-order valence-corrected chi connectivity index (χ4v) is 2.92. The number of rotatable bonds is 7. The minimum absolute atomic E-state index is 0.0387. The summed E-state index contributed by atoms with van der Waals surface area (Å²) in [4.78, 5) is 20.7. The zero-order valence-corrected chi connectivity index (χ0v) is 15.7. The Bertz CT molecular complexity index is 795. The van der Waals surface area contributed by atoms with Crippen LogP contribution in [-0.4, -0.2) is 40.8 Å². The number of aliphatic hydroxyl groups excluding tert-OH is 1. The molecule has 1 unspecified atom stereocenters. The summed E-state index contributed by atoms with van der Waals surface area (Å²) in [6, 6.07) is 7.04. The molecule has 1 fully saturated rings. The predicted octanol–water partition coefficient (Wildman–Crippen LogP) is 3.46. The van der Waals surface area contributed by atoms with Crippen LogP contribution in [0.5, 0.6) is 0 Å². The summed E-state index contributed by atoms with van der Waals surface area (Å²) in [5, 5.41) is 13.6. The lowest BCUT2D eigenvalue weighted by molar-refractivity contribution is 0.0593. The first-order valence-corrected chi connectivity index (χ1v) is 9.05. The van der Waals surface area contributed by atoms with E-state index >= 15 is 0 Å². The lowest BCUT2D eigenvalue weighted by atomic mass is 10.1. The summed E-state index contributed by atoms with van der Waals surface area (Å²) < 4.78 is 4.76. The zero-order valence-electron chi connectivity index (χ0n) is 14.2. The largest absolute Gasteiger partial charge is 0.464 e. The molecule has 6 nitrogen and oxygen atoms in total. The Labute approximate surface area is 161 Å². The Morgan fingerprint density at radius 2 is 2.00 bits per heavy atom. The quantitative estimate of drug-likeness (QED) is 0.698. The summed E-state index contributed by atoms with van der Waals surface area (Å²) in [6.45, 7) is -0.130. The number of carbonyl (C=O) groups is 1. The second kappa shape index (κ2) is 8.20. The molecule has 138 valence electrons. The van der Waals surface area contributed by atoms with E-state index in [0.717, 1.165) is 18.4 Å². The monoisotopic (exact) mass is 395 g/mol. The average molecular weight is 396 g/mol. The number of methoxy groups -OCH3 is 1. The number of aliphatic hydroxyl groups is 1. The van der Waals surface area contributed by atoms with Gasteiger partial charge in [-0.2, -0.15) is 0 Å². The number of anilines is 1. The molecule has 0 bridgehead atoms. The molecule has 1 heterocycles. The molecule has 2 N–H and O–H groups in total. The summed E-state index contributed by atoms with van der Waals surface area (Å²) in [5.41, 5.74) is 1.04. The molecule has 0 saturated heterocycles. The molecule has 1 aromatic heterocycles. The van der Waals surface area contributed by atoms with Gasteiger partial charge in [-0.25, -0.2) is 14.8 Å². The average Bonchev–Trinajstić information content (AvgIpc) is 3.49. The van der Waals surface area contributed by atoms with Gasteiger partial charge in [0.15, 0.2) is 5.69 Å². The normalized spacial score (nSPS) is 14.8. The molecule has 1 saturated carbocycles. The molecular weight excluding hydrogens is 377 g/mol. The number of nitrogens with zero attached hydrogens (tertiary/aromatic N) is 2. The Morgan fingerprint density at radius 3 is 2.58 bits per heavy atom. The van der Waals surface area contributed by atoms with E-state index < -0.39 is 5.97 Å². The third-order valence-corrected chi connectivity index (χ3v) is 4.76. The SMILES string of the molecule is COC(=O)c1nc(C2CC2)nc(NC(CO)Cc2ccc(Cl)cc2)c1Cl. The Morgan fingerprint density at radius 1 is 1.31 bits per heavy atom. The summed E-state index contributed by atoms with van der Waals surface area (Å²) in [5.74, 6) is 0.526. The first-order chi connectivity index (χ1) is 12.5. The molecule has 1 atom stereocenters. The molecule has 1 aromatic carbocycles. The van der Waals surface area contributed by atoms with Gasteiger partial charge in [0, 0.05) is 10.9 Å². The Hall–Kier alpha value is -1.89. The number of ether oxygens (including phenoxy) is 1. The van der Waals surface area contributed by atoms with Crippen LogP contribution in [0.4, 0.5) is 5.82 Å². The van der Waals surface area contributed by atoms with Crippen LogP contribution >= 0.6 is 23.2 Å². The fraction of sp³-hybridized carbons (Fsp3) is 0.389. The second-order valence-corrected chi connectivity index (χ2v) is 7.03. The highest BCUT2D eigenvalue weighted by molar-refractivity contribution is 6.35. The Balaban J connectivity index is 1.85. The van der Waals surface area contributed by atoms with Crippen molar-refractivity contribution in [2.24, 2.45) is 0 Å². The number of nitrogens with one attached hydrogen (secondary N) is 1. The van der Waals surface area contributed by atoms with Crippen LogP contribution in [0.15, 0.2) is 24.3 Å². The third kappa shape index (κ3) is 4.44. The van der Waals surface area contributed by atoms with Crippen molar-refractivity contribution in [3.8, 4) is 0 Å². The van der Waals surface area contributed by atoms with Crippen molar-refractivity contribution in [3.05, 3.63) is 51.4 Å². The third-order valence-electron chi connectivity index (χ3n) is 4.15. The van der Waals surface area contributed by atoms with E-state index in [1.807, 2.05) is 12.1 Å². The number of hydrogen-bond donors (Lipinski definition) is 2. The number of carbonyl (C=O) groups excluding carboxylic acids is 1. The van der Waals surface area contributed by atoms with Crippen molar-refractivity contribution in [2.75, 3.05) is 19.0 Å². The molecule has 0 radical (unpaired) electrons. The van der Waals surface area contributed by atoms with Crippen molar-refractivity contribution < 1.29 is 14.6 Å². The van der Waals surface area contributed by atoms with Gasteiger partial charge in [-0.3, -0.25) is 0 Å². The molecule has 8 heteroatoms. The lowest BCUT2D eigenvalue weighted by Crippen LogP contribution is -2.28. The van der Waals surface area contributed by atoms with Crippen LogP contribution in [0, 0.1) is 0 Å². The molecule has 2 aromatic rings. The highest BCUT2D eigenvalue weighted by atomic mass is 35.5. The minimum Gasteiger partial charge on any atom is -0.464 e. The maximum atomic E-state index is 12.0. The maximum absolute atomic E-state index is 12.0. The smallest absolute Gasteiger partial charge is 0.358 e. The van der Waals surface area contributed by atoms with Crippen molar-refractivity contribution in [3.63, 3.8) is 0 Å². The molecule has 0 spiro atoms. The first kappa shape index (κ1) is 18.9. The van der Waals surface area contributed by atoms with Gasteiger partial charge in [-0.15, -0.1) is 0 Å². The lowest BCUT2D eigenvalue weighted by Gasteiger charge is -2.19. The van der Waals surface area contributed by atoms with Gasteiger partial charge in [-0.05, 0) is 37.0 Å². The Kier molecular flexibility index (Phi) is 5.96. The van der Waals surface area contributed by atoms with Crippen LogP contribution in [0.1, 0.15) is 40.6 Å². The standard InChI is InChI=1S/C18H19Cl2N3O3/c1-26-18(25)15-14(20)17(23-16(22-15)11-4-5-11)21-13(9-24)8-10-2-6-12(19)7-3-10/h2-3,6-7,11,13,24H,4-5,8-9H2,1H3,(H,21,22,23). The number of halogens is 2. The molecule has 26 heavy (non-hydrogen) atoms. The maximum Gasteiger partial charge on any atom is 0.358 e. The first-order valence-electron chi connectivity index (χ1n) is 8.29. The van der Waals surface area contributed by atoms with Gasteiger partial charge in [0.05, 0.1) is 19.8 Å². The molecule has 1 aliphatic rings. The van der Waals surface area contributed by atoms with Crippen molar-refractivity contribution in [2.45, 2.75) is 31.2 Å². The van der Waals surface area contributed by atoms with Gasteiger partial charge in [-0.1, -0.05) is 35.3 Å². The van der Waals surface area contributed by atoms with E-state index in [-0.39, 0.29) is 29.3 Å². The van der Waals surface area contributed by atoms with Crippen LogP contribution < -0.4 is 5.32 Å². The predicted molar refractivity (Wildman–Crippen MR) is 100 cm³/mol. The second-order valence-electron chi connectivity index (χ2n) is 6.21. The van der Waals surface area contributed by atoms with E-state index in [0.29, 0.717) is 23.1 Å². The van der Waals surface area contributed by atoms with Crippen molar-refractivity contribution in [1.82, 2.24) is 9.97 Å². The number of hydrogen-bond acceptors (Lipinski definition) is 6. The van der Waals surface area contributed by atoms with E-state index in [2.05, 4.69) is 15.3 Å². The number of aromatic nitrogens is 2. The summed E-state index contributed by atoms with van der Waals surface area (Å²) >= 11 is 12.2. The highest BCUT2D eigenvalue weighted by Gasteiger charge is 2.30. The zero-order chi connectivity index (χ0) is 18.7. The van der Waals surface area contributed by atoms with E-state index in [9.17, 15) is 9.90 Å². The number of benzene rings is 1. The summed E-state index contributed by atoms with van der Waals surface area (Å²) in [6.07, 6.45) is 2.51. The van der Waals surface area contributed by atoms with Gasteiger partial charge >= 0.3 is 5.97 Å². The minimum atomic E-state index is -0.611. The molecular formula is C18H19Cl2N3O3. The van der Waals surface area contributed by atoms with E-state index in [4.69, 9.17) is 27.9 Å². The highest BCUT2D eigenvalue weighted by Crippen LogP contribution is 2.39. The van der Waals surface area contributed by atoms with Gasteiger partial charge in [0.1, 0.15) is 16.7 Å². The van der Waals surface area contributed by atoms with Gasteiger partial charge < -0.3 is 15.2 Å². The van der Waals surface area contributed by atoms with E-state index in [1.54, 1.807) is 12.1 Å². The van der Waals surface area contributed by atoms with Crippen molar-refractivity contribution in [1.29, 1.82) is 0 Å². The summed E-state index contributed by atoms with van der Waals surface area (Å²) in [7, 11) is 1.28. The van der Waals surface area contributed by atoms with Gasteiger partial charge in [0.2, 0.25) is 0 Å². The van der Waals surface area contributed by atoms with E-state index in [1.165, 1.54) is 7.11 Å². The van der Waals surface area contributed by atoms with Crippen LogP contribution in [0.3, 0.4) is 0 Å². The topological polar surface area (TPSA) is 84.3 Å². The molecule has 0 amide bonds. The van der Waals surface area contributed by atoms with Crippen LogP contribution in [0.2, 0.25) is 10.0 Å². The molecule has 0 aliphatic heterocycles. The van der Waals surface area contributed by atoms with Crippen LogP contribution in [-0.2, 0) is 11.2 Å². The van der Waals surface area contributed by atoms with Crippen LogP contribution in [0.25, 0.3) is 0 Å². The van der Waals surface area contributed by atoms with Gasteiger partial charge in [0.25, 0.3) is 0 Å². The molecule has 3 rings (SSSR count).